The van der Waals surface area contributed by atoms with E-state index in [0.29, 0.717) is 5.69 Å². The molecule has 2 heterocycles. The minimum Gasteiger partial charge on any atom is -0.462 e. The smallest absolute Gasteiger partial charge is 0.343 e. The molecule has 0 N–H and O–H groups in total. The number of pyridine rings is 1. The Balaban J connectivity index is 1.92. The molecule has 7 heteroatoms. The number of benzene rings is 1. The molecule has 1 aliphatic heterocycles. The number of hydrogen-bond acceptors (Lipinski definition) is 5. The van der Waals surface area contributed by atoms with E-state index in [1.807, 2.05) is 11.5 Å². The quantitative estimate of drug-likeness (QED) is 0.755. The predicted octanol–water partition coefficient (Wildman–Crippen LogP) is 2.71. The van der Waals surface area contributed by atoms with Crippen LogP contribution < -0.4 is 10.3 Å². The van der Waals surface area contributed by atoms with Gasteiger partial charge in [-0.25, -0.2) is 9.18 Å². The number of esters is 1. The van der Waals surface area contributed by atoms with Crippen LogP contribution in [0, 0.1) is 12.7 Å². The zero-order valence-corrected chi connectivity index (χ0v) is 16.6. The minimum absolute atomic E-state index is 0.0209. The summed E-state index contributed by atoms with van der Waals surface area (Å²) in [4.78, 5) is 29.5. The highest BCUT2D eigenvalue weighted by molar-refractivity contribution is 5.96. The van der Waals surface area contributed by atoms with Crippen LogP contribution in [0.2, 0.25) is 0 Å². The summed E-state index contributed by atoms with van der Waals surface area (Å²) >= 11 is 0. The van der Waals surface area contributed by atoms with Crippen molar-refractivity contribution < 1.29 is 13.9 Å². The number of anilines is 1. The average molecular weight is 387 g/mol. The Morgan fingerprint density at radius 3 is 2.54 bits per heavy atom. The maximum absolute atomic E-state index is 15.2. The molecule has 2 aromatic rings. The highest BCUT2D eigenvalue weighted by atomic mass is 19.1. The zero-order chi connectivity index (χ0) is 20.0. The molecule has 150 valence electrons. The summed E-state index contributed by atoms with van der Waals surface area (Å²) in [6, 6.07) is 1.54. The van der Waals surface area contributed by atoms with Gasteiger partial charge in [-0.1, -0.05) is 0 Å². The summed E-state index contributed by atoms with van der Waals surface area (Å²) in [6.45, 7) is 6.99. The van der Waals surface area contributed by atoms with Gasteiger partial charge in [0.1, 0.15) is 11.4 Å². The molecule has 0 radical (unpaired) electrons. The van der Waals surface area contributed by atoms with E-state index in [9.17, 15) is 9.59 Å². The van der Waals surface area contributed by atoms with Crippen molar-refractivity contribution in [1.29, 1.82) is 0 Å². The normalized spacial score (nSPS) is 17.9. The number of hydrogen-bond donors (Lipinski definition) is 0. The lowest BCUT2D eigenvalue weighted by molar-refractivity contribution is 0.0524. The van der Waals surface area contributed by atoms with E-state index in [1.54, 1.807) is 13.1 Å². The number of fused-ring (bicyclic) bond motifs is 1. The van der Waals surface area contributed by atoms with Gasteiger partial charge in [-0.05, 0) is 45.4 Å². The van der Waals surface area contributed by atoms with Gasteiger partial charge in [0.25, 0.3) is 0 Å². The van der Waals surface area contributed by atoms with E-state index in [4.69, 9.17) is 4.74 Å². The van der Waals surface area contributed by atoms with Gasteiger partial charge in [0.2, 0.25) is 5.43 Å². The Bertz CT molecular complexity index is 989. The summed E-state index contributed by atoms with van der Waals surface area (Å²) < 4.78 is 22.2. The van der Waals surface area contributed by atoms with Crippen LogP contribution in [0.1, 0.15) is 41.7 Å². The third kappa shape index (κ3) is 3.17. The van der Waals surface area contributed by atoms with Crippen LogP contribution in [-0.2, 0) is 4.74 Å². The second-order valence-corrected chi connectivity index (χ2v) is 7.75. The fourth-order valence-corrected chi connectivity index (χ4v) is 4.08. The number of ether oxygens (including phenoxy) is 1. The molecule has 1 saturated heterocycles. The van der Waals surface area contributed by atoms with Gasteiger partial charge in [-0.15, -0.1) is 0 Å². The molecule has 0 unspecified atom stereocenters. The topological polar surface area (TPSA) is 54.8 Å². The summed E-state index contributed by atoms with van der Waals surface area (Å²) in [5, 5.41) is 0.255. The first-order valence-electron chi connectivity index (χ1n) is 9.91. The van der Waals surface area contributed by atoms with Crippen molar-refractivity contribution in [1.82, 2.24) is 9.47 Å². The molecule has 1 aliphatic carbocycles. The second-order valence-electron chi connectivity index (χ2n) is 7.75. The van der Waals surface area contributed by atoms with Crippen LogP contribution in [0.25, 0.3) is 10.9 Å². The zero-order valence-electron chi connectivity index (χ0n) is 16.6. The van der Waals surface area contributed by atoms with Crippen LogP contribution in [-0.4, -0.2) is 55.3 Å². The van der Waals surface area contributed by atoms with Gasteiger partial charge in [-0.2, -0.15) is 0 Å². The summed E-state index contributed by atoms with van der Waals surface area (Å²) in [7, 11) is 2.06. The number of nitrogens with zero attached hydrogens (tertiary/aromatic N) is 3. The van der Waals surface area contributed by atoms with E-state index in [-0.39, 0.29) is 23.6 Å². The summed E-state index contributed by atoms with van der Waals surface area (Å²) in [5.41, 5.74) is 1.58. The van der Waals surface area contributed by atoms with Gasteiger partial charge in [0, 0.05) is 43.8 Å². The number of piperazine rings is 1. The van der Waals surface area contributed by atoms with Gasteiger partial charge >= 0.3 is 5.97 Å². The molecular weight excluding hydrogens is 361 g/mol. The number of rotatable bonds is 4. The molecule has 0 spiro atoms. The summed E-state index contributed by atoms with van der Waals surface area (Å²) in [6.07, 6.45) is 3.58. The minimum atomic E-state index is -0.648. The molecule has 1 aromatic heterocycles. The van der Waals surface area contributed by atoms with E-state index < -0.39 is 17.2 Å². The molecule has 0 amide bonds. The van der Waals surface area contributed by atoms with Crippen molar-refractivity contribution in [3.8, 4) is 0 Å². The Morgan fingerprint density at radius 1 is 1.25 bits per heavy atom. The monoisotopic (exact) mass is 387 g/mol. The second kappa shape index (κ2) is 7.20. The Hall–Kier alpha value is -2.41. The number of carbonyl (C=O) groups excluding carboxylic acids is 1. The highest BCUT2D eigenvalue weighted by Gasteiger charge is 2.30. The first-order chi connectivity index (χ1) is 13.4. The Morgan fingerprint density at radius 2 is 1.93 bits per heavy atom. The van der Waals surface area contributed by atoms with Crippen molar-refractivity contribution >= 4 is 22.6 Å². The molecule has 2 aliphatic rings. The standard InChI is InChI=1S/C21H26FN3O3/c1-4-28-21(27)16-12-25(14-5-6-14)18-13(2)19(17(22)11-15(18)20(16)26)24-9-7-23(3)8-10-24/h11-12,14H,4-10H2,1-3H3. The maximum Gasteiger partial charge on any atom is 0.343 e. The van der Waals surface area contributed by atoms with Crippen molar-refractivity contribution in [3.63, 3.8) is 0 Å². The number of aryl methyl sites for hydroxylation is 1. The van der Waals surface area contributed by atoms with E-state index in [0.717, 1.165) is 50.1 Å². The van der Waals surface area contributed by atoms with E-state index >= 15 is 4.39 Å². The number of carbonyl (C=O) groups is 1. The lowest BCUT2D eigenvalue weighted by atomic mass is 10.0. The lowest BCUT2D eigenvalue weighted by Crippen LogP contribution is -2.45. The van der Waals surface area contributed by atoms with Gasteiger partial charge in [-0.3, -0.25) is 4.79 Å². The van der Waals surface area contributed by atoms with Crippen molar-refractivity contribution in [3.05, 3.63) is 39.4 Å². The van der Waals surface area contributed by atoms with Crippen LogP contribution in [0.4, 0.5) is 10.1 Å². The van der Waals surface area contributed by atoms with Crippen molar-refractivity contribution in [2.75, 3.05) is 44.7 Å². The molecular formula is C21H26FN3O3. The molecule has 2 fully saturated rings. The molecule has 6 nitrogen and oxygen atoms in total. The largest absolute Gasteiger partial charge is 0.462 e. The fraction of sp³-hybridized carbons (Fsp3) is 0.524. The van der Waals surface area contributed by atoms with Gasteiger partial charge in [0.15, 0.2) is 0 Å². The number of likely N-dealkylation sites (N-methyl/N-ethyl adjacent to an activating group) is 1. The third-order valence-corrected chi connectivity index (χ3v) is 5.73. The lowest BCUT2D eigenvalue weighted by Gasteiger charge is -2.35. The molecule has 28 heavy (non-hydrogen) atoms. The molecule has 0 bridgehead atoms. The van der Waals surface area contributed by atoms with Crippen molar-refractivity contribution in [2.45, 2.75) is 32.7 Å². The van der Waals surface area contributed by atoms with E-state index in [2.05, 4.69) is 16.8 Å². The molecule has 1 saturated carbocycles. The Kier molecular flexibility index (Phi) is 4.87. The van der Waals surface area contributed by atoms with Crippen LogP contribution in [0.5, 0.6) is 0 Å². The number of halogens is 1. The molecule has 0 atom stereocenters. The van der Waals surface area contributed by atoms with Crippen molar-refractivity contribution in [2.24, 2.45) is 0 Å². The van der Waals surface area contributed by atoms with Crippen LogP contribution >= 0.6 is 0 Å². The summed E-state index contributed by atoms with van der Waals surface area (Å²) in [5.74, 6) is -1.06. The molecule has 1 aromatic carbocycles. The van der Waals surface area contributed by atoms with Crippen LogP contribution in [0.15, 0.2) is 17.1 Å². The third-order valence-electron chi connectivity index (χ3n) is 5.73. The van der Waals surface area contributed by atoms with Gasteiger partial charge < -0.3 is 19.1 Å². The van der Waals surface area contributed by atoms with Gasteiger partial charge in [0.05, 0.1) is 17.8 Å². The highest BCUT2D eigenvalue weighted by Crippen LogP contribution is 2.40. The fourth-order valence-electron chi connectivity index (χ4n) is 4.08. The van der Waals surface area contributed by atoms with E-state index in [1.165, 1.54) is 6.07 Å². The number of aromatic nitrogens is 1. The average Bonchev–Trinajstić information content (AvgIpc) is 3.49. The first kappa shape index (κ1) is 18.9. The first-order valence-corrected chi connectivity index (χ1v) is 9.91. The predicted molar refractivity (Wildman–Crippen MR) is 107 cm³/mol. The Labute approximate surface area is 163 Å². The van der Waals surface area contributed by atoms with Crippen LogP contribution in [0.3, 0.4) is 0 Å². The maximum atomic E-state index is 15.2. The SMILES string of the molecule is CCOC(=O)c1cn(C2CC2)c2c(C)c(N3CCN(C)CC3)c(F)cc2c1=O. The molecule has 4 rings (SSSR count).